The summed E-state index contributed by atoms with van der Waals surface area (Å²) in [4.78, 5) is 20.2. The number of halogens is 1. The SMILES string of the molecule is Cc1c(C(=O)c2cnccn2)oc2cc(Br)ccc12. The van der Waals surface area contributed by atoms with Gasteiger partial charge >= 0.3 is 0 Å². The number of ketones is 1. The molecule has 2 heterocycles. The summed E-state index contributed by atoms with van der Waals surface area (Å²) in [5.41, 5.74) is 1.78. The highest BCUT2D eigenvalue weighted by molar-refractivity contribution is 9.10. The van der Waals surface area contributed by atoms with E-state index in [0.29, 0.717) is 11.3 Å². The Labute approximate surface area is 117 Å². The van der Waals surface area contributed by atoms with Gasteiger partial charge in [0.2, 0.25) is 5.78 Å². The second-order valence-corrected chi connectivity index (χ2v) is 5.03. The van der Waals surface area contributed by atoms with Gasteiger partial charge in [-0.25, -0.2) is 4.98 Å². The average Bonchev–Trinajstić information content (AvgIpc) is 2.75. The number of aryl methyl sites for hydroxylation is 1. The summed E-state index contributed by atoms with van der Waals surface area (Å²) in [5.74, 6) is 0.0616. The van der Waals surface area contributed by atoms with Crippen molar-refractivity contribution >= 4 is 32.7 Å². The molecule has 0 aliphatic rings. The van der Waals surface area contributed by atoms with E-state index < -0.39 is 0 Å². The number of hydrogen-bond donors (Lipinski definition) is 0. The van der Waals surface area contributed by atoms with Crippen LogP contribution in [0.4, 0.5) is 0 Å². The maximum Gasteiger partial charge on any atom is 0.248 e. The van der Waals surface area contributed by atoms with E-state index in [-0.39, 0.29) is 11.5 Å². The van der Waals surface area contributed by atoms with Gasteiger partial charge in [-0.05, 0) is 25.1 Å². The molecule has 3 rings (SSSR count). The van der Waals surface area contributed by atoms with Gasteiger partial charge in [-0.1, -0.05) is 15.9 Å². The van der Waals surface area contributed by atoms with Crippen LogP contribution in [0.3, 0.4) is 0 Å². The van der Waals surface area contributed by atoms with E-state index in [9.17, 15) is 4.79 Å². The predicted molar refractivity (Wildman–Crippen MR) is 74.1 cm³/mol. The molecule has 0 fully saturated rings. The number of benzene rings is 1. The molecule has 0 aliphatic carbocycles. The van der Waals surface area contributed by atoms with Crippen LogP contribution in [0.5, 0.6) is 0 Å². The third kappa shape index (κ3) is 2.06. The van der Waals surface area contributed by atoms with Crippen LogP contribution in [0.1, 0.15) is 21.8 Å². The standard InChI is InChI=1S/C14H9BrN2O2/c1-8-10-3-2-9(15)6-12(10)19-14(8)13(18)11-7-16-4-5-17-11/h2-7H,1H3. The van der Waals surface area contributed by atoms with E-state index >= 15 is 0 Å². The zero-order chi connectivity index (χ0) is 13.4. The molecule has 0 atom stereocenters. The second-order valence-electron chi connectivity index (χ2n) is 4.12. The van der Waals surface area contributed by atoms with E-state index in [1.807, 2.05) is 25.1 Å². The second kappa shape index (κ2) is 4.59. The molecule has 0 bridgehead atoms. The topological polar surface area (TPSA) is 56.0 Å². The number of fused-ring (bicyclic) bond motifs is 1. The first kappa shape index (κ1) is 12.0. The van der Waals surface area contributed by atoms with Gasteiger partial charge in [0.25, 0.3) is 0 Å². The highest BCUT2D eigenvalue weighted by atomic mass is 79.9. The lowest BCUT2D eigenvalue weighted by atomic mass is 10.1. The molecule has 0 radical (unpaired) electrons. The summed E-state index contributed by atoms with van der Waals surface area (Å²) in [7, 11) is 0. The molecule has 1 aromatic carbocycles. The van der Waals surface area contributed by atoms with Gasteiger partial charge in [0.05, 0.1) is 6.20 Å². The Morgan fingerprint density at radius 1 is 1.32 bits per heavy atom. The average molecular weight is 317 g/mol. The minimum Gasteiger partial charge on any atom is -0.452 e. The first-order valence-electron chi connectivity index (χ1n) is 5.66. The van der Waals surface area contributed by atoms with Crippen LogP contribution in [0.2, 0.25) is 0 Å². The summed E-state index contributed by atoms with van der Waals surface area (Å²) in [5, 5.41) is 0.926. The molecule has 0 N–H and O–H groups in total. The molecule has 2 aromatic heterocycles. The van der Waals surface area contributed by atoms with Gasteiger partial charge < -0.3 is 4.42 Å². The smallest absolute Gasteiger partial charge is 0.248 e. The van der Waals surface area contributed by atoms with Crippen LogP contribution >= 0.6 is 15.9 Å². The van der Waals surface area contributed by atoms with Crippen molar-refractivity contribution in [3.8, 4) is 0 Å². The van der Waals surface area contributed by atoms with Crippen molar-refractivity contribution in [2.45, 2.75) is 6.92 Å². The number of aromatic nitrogens is 2. The molecule has 94 valence electrons. The fourth-order valence-electron chi connectivity index (χ4n) is 1.95. The number of nitrogens with zero attached hydrogens (tertiary/aromatic N) is 2. The van der Waals surface area contributed by atoms with Gasteiger partial charge in [0.1, 0.15) is 11.3 Å². The van der Waals surface area contributed by atoms with Gasteiger partial charge in [-0.3, -0.25) is 9.78 Å². The molecule has 3 aromatic rings. The van der Waals surface area contributed by atoms with Crippen molar-refractivity contribution in [2.75, 3.05) is 0 Å². The normalized spacial score (nSPS) is 10.8. The summed E-state index contributed by atoms with van der Waals surface area (Å²) in [6, 6.07) is 5.68. The Morgan fingerprint density at radius 3 is 2.89 bits per heavy atom. The van der Waals surface area contributed by atoms with Gasteiger partial charge in [0, 0.05) is 27.8 Å². The van der Waals surface area contributed by atoms with Crippen LogP contribution < -0.4 is 0 Å². The minimum atomic E-state index is -0.252. The monoisotopic (exact) mass is 316 g/mol. The maximum atomic E-state index is 12.3. The van der Waals surface area contributed by atoms with Crippen molar-refractivity contribution in [3.63, 3.8) is 0 Å². The van der Waals surface area contributed by atoms with E-state index in [1.54, 1.807) is 0 Å². The zero-order valence-corrected chi connectivity index (χ0v) is 11.6. The lowest BCUT2D eigenvalue weighted by molar-refractivity contribution is 0.100. The van der Waals surface area contributed by atoms with Crippen molar-refractivity contribution in [2.24, 2.45) is 0 Å². The van der Waals surface area contributed by atoms with Crippen molar-refractivity contribution < 1.29 is 9.21 Å². The Morgan fingerprint density at radius 2 is 2.16 bits per heavy atom. The molecule has 4 nitrogen and oxygen atoms in total. The Hall–Kier alpha value is -2.01. The van der Waals surface area contributed by atoms with E-state index in [4.69, 9.17) is 4.42 Å². The van der Waals surface area contributed by atoms with Crippen molar-refractivity contribution in [1.82, 2.24) is 9.97 Å². The third-order valence-corrected chi connectivity index (χ3v) is 3.40. The Kier molecular flexibility index (Phi) is 2.91. The highest BCUT2D eigenvalue weighted by Gasteiger charge is 2.20. The highest BCUT2D eigenvalue weighted by Crippen LogP contribution is 2.28. The molecular formula is C14H9BrN2O2. The molecule has 0 aliphatic heterocycles. The number of furan rings is 1. The molecule has 0 amide bonds. The fourth-order valence-corrected chi connectivity index (χ4v) is 2.29. The minimum absolute atomic E-state index is 0.252. The van der Waals surface area contributed by atoms with Crippen LogP contribution in [-0.4, -0.2) is 15.8 Å². The third-order valence-electron chi connectivity index (χ3n) is 2.90. The Bertz CT molecular complexity index is 766. The first-order valence-corrected chi connectivity index (χ1v) is 6.45. The lowest BCUT2D eigenvalue weighted by Crippen LogP contribution is -2.04. The van der Waals surface area contributed by atoms with Crippen molar-refractivity contribution in [3.05, 3.63) is 58.3 Å². The Balaban J connectivity index is 2.16. The van der Waals surface area contributed by atoms with E-state index in [2.05, 4.69) is 25.9 Å². The van der Waals surface area contributed by atoms with Crippen molar-refractivity contribution in [1.29, 1.82) is 0 Å². The van der Waals surface area contributed by atoms with Gasteiger partial charge in [0.15, 0.2) is 5.76 Å². The van der Waals surface area contributed by atoms with E-state index in [1.165, 1.54) is 18.6 Å². The summed E-state index contributed by atoms with van der Waals surface area (Å²) >= 11 is 3.38. The summed E-state index contributed by atoms with van der Waals surface area (Å²) in [6.45, 7) is 1.86. The van der Waals surface area contributed by atoms with Crippen LogP contribution in [-0.2, 0) is 0 Å². The quantitative estimate of drug-likeness (QED) is 0.679. The molecule has 0 saturated carbocycles. The molecule has 0 saturated heterocycles. The number of carbonyl (C=O) groups is 1. The predicted octanol–water partition coefficient (Wildman–Crippen LogP) is 3.52. The van der Waals surface area contributed by atoms with Crippen LogP contribution in [0, 0.1) is 6.92 Å². The van der Waals surface area contributed by atoms with Crippen LogP contribution in [0.15, 0.2) is 45.7 Å². The number of hydrogen-bond acceptors (Lipinski definition) is 4. The summed E-state index contributed by atoms with van der Waals surface area (Å²) < 4.78 is 6.56. The lowest BCUT2D eigenvalue weighted by Gasteiger charge is -1.96. The summed E-state index contributed by atoms with van der Waals surface area (Å²) in [6.07, 6.45) is 4.45. The van der Waals surface area contributed by atoms with Gasteiger partial charge in [-0.15, -0.1) is 0 Å². The van der Waals surface area contributed by atoms with Crippen LogP contribution in [0.25, 0.3) is 11.0 Å². The fraction of sp³-hybridized carbons (Fsp3) is 0.0714. The zero-order valence-electron chi connectivity index (χ0n) is 10.1. The van der Waals surface area contributed by atoms with Gasteiger partial charge in [-0.2, -0.15) is 0 Å². The largest absolute Gasteiger partial charge is 0.452 e. The molecule has 0 spiro atoms. The maximum absolute atomic E-state index is 12.3. The number of carbonyl (C=O) groups excluding carboxylic acids is 1. The molecule has 0 unspecified atom stereocenters. The van der Waals surface area contributed by atoms with E-state index in [0.717, 1.165) is 15.4 Å². The number of rotatable bonds is 2. The molecular weight excluding hydrogens is 308 g/mol. The molecule has 5 heteroatoms. The first-order chi connectivity index (χ1) is 9.16. The molecule has 19 heavy (non-hydrogen) atoms.